The molecule has 0 aromatic carbocycles. The van der Waals surface area contributed by atoms with Gasteiger partial charge in [-0.15, -0.1) is 0 Å². The Bertz CT molecular complexity index is 86.2. The Morgan fingerprint density at radius 3 is 2.55 bits per heavy atom. The van der Waals surface area contributed by atoms with Gasteiger partial charge in [0.2, 0.25) is 0 Å². The minimum atomic E-state index is -0.279. The summed E-state index contributed by atoms with van der Waals surface area (Å²) in [5.74, 6) is 0. The van der Waals surface area contributed by atoms with Crippen molar-refractivity contribution in [3.05, 3.63) is 0 Å². The van der Waals surface area contributed by atoms with E-state index in [2.05, 4.69) is 5.32 Å². The molecule has 0 radical (unpaired) electrons. The zero-order valence-corrected chi connectivity index (χ0v) is 7.63. The van der Waals surface area contributed by atoms with E-state index >= 15 is 0 Å². The van der Waals surface area contributed by atoms with Gasteiger partial charge in [0, 0.05) is 19.2 Å². The minimum absolute atomic E-state index is 0.279. The number of aliphatic hydroxyl groups is 1. The molecule has 68 valence electrons. The Morgan fingerprint density at radius 1 is 1.45 bits per heavy atom. The molecule has 0 aliphatic carbocycles. The molecule has 0 spiro atoms. The number of aliphatic hydroxyl groups excluding tert-OH is 1. The summed E-state index contributed by atoms with van der Waals surface area (Å²) in [6, 6.07) is 0.324. The summed E-state index contributed by atoms with van der Waals surface area (Å²) in [7, 11) is 0. The van der Waals surface area contributed by atoms with Crippen molar-refractivity contribution in [2.45, 2.75) is 32.9 Å². The van der Waals surface area contributed by atoms with Gasteiger partial charge in [-0.3, -0.25) is 0 Å². The number of nitrogens with one attached hydrogen (secondary N) is 1. The van der Waals surface area contributed by atoms with E-state index in [-0.39, 0.29) is 6.10 Å². The first-order valence-electron chi connectivity index (χ1n) is 4.16. The van der Waals surface area contributed by atoms with Crippen molar-refractivity contribution in [1.29, 1.82) is 0 Å². The highest BCUT2D eigenvalue weighted by Gasteiger charge is 2.01. The highest BCUT2D eigenvalue weighted by atomic mass is 16.5. The van der Waals surface area contributed by atoms with Gasteiger partial charge in [-0.05, 0) is 20.8 Å². The monoisotopic (exact) mass is 161 g/mol. The van der Waals surface area contributed by atoms with Gasteiger partial charge in [-0.1, -0.05) is 0 Å². The Labute approximate surface area is 68.8 Å². The lowest BCUT2D eigenvalue weighted by Gasteiger charge is -2.14. The van der Waals surface area contributed by atoms with Crippen molar-refractivity contribution in [3.8, 4) is 0 Å². The molecule has 11 heavy (non-hydrogen) atoms. The Balaban J connectivity index is 3.15. The molecule has 3 nitrogen and oxygen atoms in total. The van der Waals surface area contributed by atoms with Crippen LogP contribution < -0.4 is 5.32 Å². The largest absolute Gasteiger partial charge is 0.392 e. The van der Waals surface area contributed by atoms with Crippen molar-refractivity contribution in [1.82, 2.24) is 5.32 Å². The maximum Gasteiger partial charge on any atom is 0.0636 e. The number of ether oxygens (including phenoxy) is 1. The van der Waals surface area contributed by atoms with Gasteiger partial charge in [-0.2, -0.15) is 0 Å². The average molecular weight is 161 g/mol. The molecule has 0 rings (SSSR count). The van der Waals surface area contributed by atoms with E-state index in [4.69, 9.17) is 9.84 Å². The molecule has 0 saturated heterocycles. The van der Waals surface area contributed by atoms with Crippen LogP contribution in [0.5, 0.6) is 0 Å². The molecule has 0 saturated carbocycles. The predicted molar refractivity (Wildman–Crippen MR) is 45.6 cm³/mol. The van der Waals surface area contributed by atoms with Crippen LogP contribution >= 0.6 is 0 Å². The number of rotatable bonds is 6. The van der Waals surface area contributed by atoms with Gasteiger partial charge in [0.1, 0.15) is 0 Å². The standard InChI is InChI=1S/C8H19NO2/c1-4-11-6-7(2)9-5-8(3)10/h7-10H,4-6H2,1-3H3/t7?,8-/m0/s1. The first kappa shape index (κ1) is 10.9. The second-order valence-electron chi connectivity index (χ2n) is 2.82. The maximum absolute atomic E-state index is 8.92. The third-order valence-electron chi connectivity index (χ3n) is 1.33. The summed E-state index contributed by atoms with van der Waals surface area (Å²) in [5, 5.41) is 12.1. The Morgan fingerprint density at radius 2 is 2.09 bits per heavy atom. The van der Waals surface area contributed by atoms with Crippen LogP contribution in [-0.4, -0.2) is 37.0 Å². The molecule has 1 unspecified atom stereocenters. The second kappa shape index (κ2) is 6.58. The fourth-order valence-corrected chi connectivity index (χ4v) is 0.725. The molecule has 0 heterocycles. The van der Waals surface area contributed by atoms with Gasteiger partial charge in [0.25, 0.3) is 0 Å². The van der Waals surface area contributed by atoms with E-state index < -0.39 is 0 Å². The zero-order valence-electron chi connectivity index (χ0n) is 7.63. The molecular formula is C8H19NO2. The maximum atomic E-state index is 8.92. The topological polar surface area (TPSA) is 41.5 Å². The Kier molecular flexibility index (Phi) is 6.51. The first-order valence-corrected chi connectivity index (χ1v) is 4.16. The molecule has 3 heteroatoms. The minimum Gasteiger partial charge on any atom is -0.392 e. The average Bonchev–Trinajstić information content (AvgIpc) is 1.97. The van der Waals surface area contributed by atoms with Gasteiger partial charge < -0.3 is 15.2 Å². The van der Waals surface area contributed by atoms with Crippen LogP contribution in [0.2, 0.25) is 0 Å². The summed E-state index contributed by atoms with van der Waals surface area (Å²) in [4.78, 5) is 0. The van der Waals surface area contributed by atoms with Crippen LogP contribution in [-0.2, 0) is 4.74 Å². The summed E-state index contributed by atoms with van der Waals surface area (Å²) >= 11 is 0. The van der Waals surface area contributed by atoms with E-state index in [0.717, 1.165) is 6.61 Å². The van der Waals surface area contributed by atoms with Crippen LogP contribution in [0.3, 0.4) is 0 Å². The fraction of sp³-hybridized carbons (Fsp3) is 1.00. The van der Waals surface area contributed by atoms with E-state index in [1.54, 1.807) is 6.92 Å². The second-order valence-corrected chi connectivity index (χ2v) is 2.82. The smallest absolute Gasteiger partial charge is 0.0636 e. The van der Waals surface area contributed by atoms with Crippen LogP contribution in [0.15, 0.2) is 0 Å². The molecule has 0 fully saturated rings. The lowest BCUT2D eigenvalue weighted by Crippen LogP contribution is -2.35. The molecular weight excluding hydrogens is 142 g/mol. The number of hydrogen-bond acceptors (Lipinski definition) is 3. The van der Waals surface area contributed by atoms with Crippen LogP contribution in [0, 0.1) is 0 Å². The lowest BCUT2D eigenvalue weighted by atomic mass is 10.3. The molecule has 0 aromatic rings. The zero-order chi connectivity index (χ0) is 8.69. The lowest BCUT2D eigenvalue weighted by molar-refractivity contribution is 0.118. The third kappa shape index (κ3) is 7.78. The van der Waals surface area contributed by atoms with Crippen molar-refractivity contribution in [2.24, 2.45) is 0 Å². The van der Waals surface area contributed by atoms with E-state index in [1.807, 2.05) is 13.8 Å². The van der Waals surface area contributed by atoms with Gasteiger partial charge in [0.15, 0.2) is 0 Å². The number of hydrogen-bond donors (Lipinski definition) is 2. The van der Waals surface area contributed by atoms with Crippen LogP contribution in [0.25, 0.3) is 0 Å². The van der Waals surface area contributed by atoms with E-state index in [9.17, 15) is 0 Å². The van der Waals surface area contributed by atoms with Crippen molar-refractivity contribution < 1.29 is 9.84 Å². The van der Waals surface area contributed by atoms with Crippen LogP contribution in [0.4, 0.5) is 0 Å². The molecule has 2 atom stereocenters. The first-order chi connectivity index (χ1) is 5.16. The summed E-state index contributed by atoms with van der Waals surface area (Å²) in [6.07, 6.45) is -0.279. The quantitative estimate of drug-likeness (QED) is 0.592. The molecule has 0 aliphatic rings. The summed E-state index contributed by atoms with van der Waals surface area (Å²) < 4.78 is 5.18. The third-order valence-corrected chi connectivity index (χ3v) is 1.33. The van der Waals surface area contributed by atoms with Crippen molar-refractivity contribution in [2.75, 3.05) is 19.8 Å². The van der Waals surface area contributed by atoms with Gasteiger partial charge in [0.05, 0.1) is 12.7 Å². The summed E-state index contributed by atoms with van der Waals surface area (Å²) in [6.45, 7) is 7.87. The van der Waals surface area contributed by atoms with E-state index in [0.29, 0.717) is 19.2 Å². The SMILES string of the molecule is CCOCC(C)NC[C@H](C)O. The highest BCUT2D eigenvalue weighted by Crippen LogP contribution is 1.85. The molecule has 0 aliphatic heterocycles. The molecule has 0 aromatic heterocycles. The van der Waals surface area contributed by atoms with Gasteiger partial charge in [-0.25, -0.2) is 0 Å². The molecule has 2 N–H and O–H groups in total. The van der Waals surface area contributed by atoms with Crippen molar-refractivity contribution in [3.63, 3.8) is 0 Å². The molecule has 0 bridgehead atoms. The van der Waals surface area contributed by atoms with Crippen LogP contribution in [0.1, 0.15) is 20.8 Å². The Hall–Kier alpha value is -0.120. The fourth-order valence-electron chi connectivity index (χ4n) is 0.725. The predicted octanol–water partition coefficient (Wildman–Crippen LogP) is 0.382. The van der Waals surface area contributed by atoms with Gasteiger partial charge >= 0.3 is 0 Å². The normalized spacial score (nSPS) is 16.4. The van der Waals surface area contributed by atoms with E-state index in [1.165, 1.54) is 0 Å². The molecule has 0 amide bonds. The summed E-state index contributed by atoms with van der Waals surface area (Å²) in [5.41, 5.74) is 0. The highest BCUT2D eigenvalue weighted by molar-refractivity contribution is 4.61. The van der Waals surface area contributed by atoms with Crippen molar-refractivity contribution >= 4 is 0 Å².